The highest BCUT2D eigenvalue weighted by molar-refractivity contribution is 7.89. The zero-order chi connectivity index (χ0) is 20.4. The van der Waals surface area contributed by atoms with Crippen LogP contribution in [0.4, 0.5) is 4.39 Å². The Balaban J connectivity index is 1.45. The van der Waals surface area contributed by atoms with Crippen molar-refractivity contribution in [1.82, 2.24) is 14.4 Å². The summed E-state index contributed by atoms with van der Waals surface area (Å²) < 4.78 is 51.2. The molecule has 0 unspecified atom stereocenters. The number of sulfonamides is 1. The second-order valence-corrected chi connectivity index (χ2v) is 8.73. The van der Waals surface area contributed by atoms with Crippen molar-refractivity contribution in [1.29, 1.82) is 0 Å². The van der Waals surface area contributed by atoms with Crippen molar-refractivity contribution in [3.63, 3.8) is 0 Å². The predicted molar refractivity (Wildman–Crippen MR) is 103 cm³/mol. The zero-order valence-corrected chi connectivity index (χ0v) is 16.6. The van der Waals surface area contributed by atoms with Gasteiger partial charge in [0.1, 0.15) is 0 Å². The molecule has 0 radical (unpaired) electrons. The minimum Gasteiger partial charge on any atom is -0.494 e. The number of hydrogen-bond donors (Lipinski definition) is 0. The average molecular weight is 417 g/mol. The minimum absolute atomic E-state index is 0.00766. The Hall–Kier alpha value is -2.78. The monoisotopic (exact) mass is 417 g/mol. The van der Waals surface area contributed by atoms with Crippen LogP contribution in [0.5, 0.6) is 5.75 Å². The molecule has 4 rings (SSSR count). The van der Waals surface area contributed by atoms with Gasteiger partial charge in [-0.15, -0.1) is 0 Å². The van der Waals surface area contributed by atoms with E-state index in [1.54, 1.807) is 0 Å². The van der Waals surface area contributed by atoms with Crippen LogP contribution in [0.15, 0.2) is 57.9 Å². The Morgan fingerprint density at radius 1 is 1.14 bits per heavy atom. The highest BCUT2D eigenvalue weighted by Gasteiger charge is 2.32. The molecule has 2 aromatic carbocycles. The lowest BCUT2D eigenvalue weighted by Gasteiger charge is -2.29. The third kappa shape index (κ3) is 3.88. The van der Waals surface area contributed by atoms with Crippen molar-refractivity contribution in [2.24, 2.45) is 0 Å². The maximum Gasteiger partial charge on any atom is 0.243 e. The largest absolute Gasteiger partial charge is 0.494 e. The molecule has 0 atom stereocenters. The van der Waals surface area contributed by atoms with E-state index in [0.717, 1.165) is 11.6 Å². The van der Waals surface area contributed by atoms with Gasteiger partial charge in [0.15, 0.2) is 11.6 Å². The first-order valence-electron chi connectivity index (χ1n) is 9.22. The Bertz CT molecular complexity index is 1090. The molecule has 1 aliphatic rings. The van der Waals surface area contributed by atoms with Crippen LogP contribution in [-0.4, -0.2) is 43.1 Å². The van der Waals surface area contributed by atoms with Gasteiger partial charge in [-0.1, -0.05) is 35.5 Å². The molecule has 9 heteroatoms. The Morgan fingerprint density at radius 2 is 1.86 bits per heavy atom. The van der Waals surface area contributed by atoms with Crippen LogP contribution in [0.1, 0.15) is 24.7 Å². The molecular weight excluding hydrogens is 397 g/mol. The molecule has 7 nitrogen and oxygen atoms in total. The van der Waals surface area contributed by atoms with Gasteiger partial charge in [-0.2, -0.15) is 9.29 Å². The Kier molecular flexibility index (Phi) is 5.33. The maximum atomic E-state index is 13.9. The van der Waals surface area contributed by atoms with Gasteiger partial charge in [-0.05, 0) is 31.0 Å². The number of aromatic nitrogens is 2. The van der Waals surface area contributed by atoms with Gasteiger partial charge in [0, 0.05) is 24.6 Å². The van der Waals surface area contributed by atoms with Crippen LogP contribution < -0.4 is 4.74 Å². The van der Waals surface area contributed by atoms with Crippen molar-refractivity contribution in [3.8, 4) is 17.1 Å². The second-order valence-electron chi connectivity index (χ2n) is 6.80. The summed E-state index contributed by atoms with van der Waals surface area (Å²) in [6, 6.07) is 13.2. The quantitative estimate of drug-likeness (QED) is 0.632. The summed E-state index contributed by atoms with van der Waals surface area (Å²) in [5.74, 6) is 0.316. The summed E-state index contributed by atoms with van der Waals surface area (Å²) in [7, 11) is -2.45. The number of halogens is 1. The van der Waals surface area contributed by atoms with E-state index in [9.17, 15) is 12.8 Å². The van der Waals surface area contributed by atoms with Crippen LogP contribution in [0.3, 0.4) is 0 Å². The summed E-state index contributed by atoms with van der Waals surface area (Å²) in [6.07, 6.45) is 1.10. The molecule has 1 aliphatic heterocycles. The average Bonchev–Trinajstić information content (AvgIpc) is 3.25. The van der Waals surface area contributed by atoms with Crippen LogP contribution in [0.2, 0.25) is 0 Å². The SMILES string of the molecule is COc1ccc(S(=O)(=O)N2CCC(c3nc(-c4ccccc4)no3)CC2)cc1F. The lowest BCUT2D eigenvalue weighted by molar-refractivity contribution is 0.270. The molecule has 0 amide bonds. The molecule has 0 spiro atoms. The standard InChI is InChI=1S/C20H20FN3O4S/c1-27-18-8-7-16(13-17(18)21)29(25,26)24-11-9-15(10-12-24)20-22-19(23-28-20)14-5-3-2-4-6-14/h2-8,13,15H,9-12H2,1H3. The van der Waals surface area contributed by atoms with Crippen LogP contribution in [0, 0.1) is 5.82 Å². The Labute approximate surface area is 168 Å². The lowest BCUT2D eigenvalue weighted by Crippen LogP contribution is -2.38. The van der Waals surface area contributed by atoms with Gasteiger partial charge >= 0.3 is 0 Å². The molecule has 29 heavy (non-hydrogen) atoms. The number of rotatable bonds is 5. The van der Waals surface area contributed by atoms with E-state index >= 15 is 0 Å². The van der Waals surface area contributed by atoms with E-state index in [2.05, 4.69) is 10.1 Å². The highest BCUT2D eigenvalue weighted by atomic mass is 32.2. The smallest absolute Gasteiger partial charge is 0.243 e. The van der Waals surface area contributed by atoms with Gasteiger partial charge in [-0.3, -0.25) is 0 Å². The number of benzene rings is 2. The summed E-state index contributed by atoms with van der Waals surface area (Å²) in [4.78, 5) is 4.39. The number of ether oxygens (including phenoxy) is 1. The molecular formula is C20H20FN3O4S. The normalized spacial score (nSPS) is 16.1. The summed E-state index contributed by atoms with van der Waals surface area (Å²) in [6.45, 7) is 0.591. The molecule has 0 bridgehead atoms. The van der Waals surface area contributed by atoms with E-state index in [-0.39, 0.29) is 16.6 Å². The fourth-order valence-corrected chi connectivity index (χ4v) is 4.89. The molecule has 0 aliphatic carbocycles. The predicted octanol–water partition coefficient (Wildman–Crippen LogP) is 3.45. The van der Waals surface area contributed by atoms with Crippen LogP contribution >= 0.6 is 0 Å². The zero-order valence-electron chi connectivity index (χ0n) is 15.8. The van der Waals surface area contributed by atoms with Crippen molar-refractivity contribution in [2.75, 3.05) is 20.2 Å². The molecule has 1 aromatic heterocycles. The molecule has 1 fully saturated rings. The summed E-state index contributed by atoms with van der Waals surface area (Å²) >= 11 is 0. The molecule has 0 saturated carbocycles. The third-order valence-corrected chi connectivity index (χ3v) is 6.93. The topological polar surface area (TPSA) is 85.5 Å². The van der Waals surface area contributed by atoms with Gasteiger partial charge in [0.25, 0.3) is 0 Å². The lowest BCUT2D eigenvalue weighted by atomic mass is 9.98. The first-order chi connectivity index (χ1) is 14.0. The number of hydrogen-bond acceptors (Lipinski definition) is 6. The van der Waals surface area contributed by atoms with Crippen molar-refractivity contribution >= 4 is 10.0 Å². The van der Waals surface area contributed by atoms with Crippen LogP contribution in [-0.2, 0) is 10.0 Å². The van der Waals surface area contributed by atoms with E-state index in [0.29, 0.717) is 37.6 Å². The number of nitrogens with zero attached hydrogens (tertiary/aromatic N) is 3. The first-order valence-corrected chi connectivity index (χ1v) is 10.7. The van der Waals surface area contributed by atoms with Crippen LogP contribution in [0.25, 0.3) is 11.4 Å². The second kappa shape index (κ2) is 7.92. The van der Waals surface area contributed by atoms with E-state index in [4.69, 9.17) is 9.26 Å². The number of methoxy groups -OCH3 is 1. The van der Waals surface area contributed by atoms with Crippen molar-refractivity contribution in [3.05, 3.63) is 60.2 Å². The van der Waals surface area contributed by atoms with Gasteiger partial charge in [-0.25, -0.2) is 12.8 Å². The van der Waals surface area contributed by atoms with E-state index < -0.39 is 15.8 Å². The highest BCUT2D eigenvalue weighted by Crippen LogP contribution is 2.31. The third-order valence-electron chi connectivity index (χ3n) is 5.04. The molecule has 0 N–H and O–H groups in total. The van der Waals surface area contributed by atoms with Gasteiger partial charge in [0.2, 0.25) is 21.7 Å². The molecule has 1 saturated heterocycles. The van der Waals surface area contributed by atoms with Gasteiger partial charge < -0.3 is 9.26 Å². The maximum absolute atomic E-state index is 13.9. The van der Waals surface area contributed by atoms with E-state index in [1.165, 1.54) is 23.5 Å². The minimum atomic E-state index is -3.78. The van der Waals surface area contributed by atoms with Gasteiger partial charge in [0.05, 0.1) is 12.0 Å². The molecule has 2 heterocycles. The summed E-state index contributed by atoms with van der Waals surface area (Å²) in [5, 5.41) is 4.03. The Morgan fingerprint density at radius 3 is 2.52 bits per heavy atom. The molecule has 152 valence electrons. The molecule has 3 aromatic rings. The number of piperidine rings is 1. The first kappa shape index (κ1) is 19.5. The van der Waals surface area contributed by atoms with E-state index in [1.807, 2.05) is 30.3 Å². The van der Waals surface area contributed by atoms with Crippen molar-refractivity contribution < 1.29 is 22.1 Å². The summed E-state index contributed by atoms with van der Waals surface area (Å²) in [5.41, 5.74) is 0.865. The fraction of sp³-hybridized carbons (Fsp3) is 0.300. The fourth-order valence-electron chi connectivity index (χ4n) is 3.41. The van der Waals surface area contributed by atoms with Crippen molar-refractivity contribution in [2.45, 2.75) is 23.7 Å².